The summed E-state index contributed by atoms with van der Waals surface area (Å²) in [6.45, 7) is 0.393. The molecule has 2 rings (SSSR count). The van der Waals surface area contributed by atoms with Gasteiger partial charge in [-0.25, -0.2) is 4.98 Å². The van der Waals surface area contributed by atoms with Crippen molar-refractivity contribution >= 4 is 28.6 Å². The monoisotopic (exact) mass is 211 g/mol. The number of hydrogen-bond acceptors (Lipinski definition) is 3. The van der Waals surface area contributed by atoms with E-state index in [0.29, 0.717) is 17.7 Å². The number of methoxy groups -OCH3 is 1. The van der Waals surface area contributed by atoms with E-state index in [1.54, 1.807) is 23.8 Å². The van der Waals surface area contributed by atoms with E-state index in [-0.39, 0.29) is 0 Å². The first-order chi connectivity index (χ1) is 6.72. The summed E-state index contributed by atoms with van der Waals surface area (Å²) < 4.78 is 6.80. The molecule has 0 aliphatic carbocycles. The van der Waals surface area contributed by atoms with E-state index in [4.69, 9.17) is 22.1 Å². The Kier molecular flexibility index (Phi) is 2.31. The van der Waals surface area contributed by atoms with Gasteiger partial charge in [0.15, 0.2) is 0 Å². The third-order valence-electron chi connectivity index (χ3n) is 2.00. The summed E-state index contributed by atoms with van der Waals surface area (Å²) in [4.78, 5) is 4.17. The van der Waals surface area contributed by atoms with E-state index in [1.165, 1.54) is 0 Å². The van der Waals surface area contributed by atoms with Crippen LogP contribution in [0, 0.1) is 0 Å². The first kappa shape index (κ1) is 9.30. The Labute approximate surface area is 86.2 Å². The van der Waals surface area contributed by atoms with Crippen molar-refractivity contribution in [2.45, 2.75) is 6.73 Å². The standard InChI is InChI=1S/C9H10ClN3O/c1-14-5-13-8-3-2-6(10)4-7(8)12-9(13)11/h2-4H,5H2,1H3,(H2,11,12). The highest BCUT2D eigenvalue weighted by Crippen LogP contribution is 2.21. The van der Waals surface area contributed by atoms with Gasteiger partial charge in [0.25, 0.3) is 0 Å². The van der Waals surface area contributed by atoms with Gasteiger partial charge in [0.1, 0.15) is 6.73 Å². The Morgan fingerprint density at radius 2 is 2.36 bits per heavy atom. The molecule has 2 aromatic rings. The van der Waals surface area contributed by atoms with Crippen molar-refractivity contribution in [1.29, 1.82) is 0 Å². The Balaban J connectivity index is 2.64. The molecule has 0 saturated heterocycles. The number of aromatic nitrogens is 2. The van der Waals surface area contributed by atoms with Crippen molar-refractivity contribution in [3.63, 3.8) is 0 Å². The molecule has 5 heteroatoms. The van der Waals surface area contributed by atoms with Crippen molar-refractivity contribution in [1.82, 2.24) is 9.55 Å². The fourth-order valence-corrected chi connectivity index (χ4v) is 1.55. The van der Waals surface area contributed by atoms with Crippen LogP contribution < -0.4 is 5.73 Å². The molecular weight excluding hydrogens is 202 g/mol. The van der Waals surface area contributed by atoms with Crippen LogP contribution >= 0.6 is 11.6 Å². The molecule has 0 saturated carbocycles. The predicted octanol–water partition coefficient (Wildman–Crippen LogP) is 1.88. The molecule has 0 aliphatic heterocycles. The molecule has 4 nitrogen and oxygen atoms in total. The second-order valence-corrected chi connectivity index (χ2v) is 3.39. The summed E-state index contributed by atoms with van der Waals surface area (Å²) in [5.41, 5.74) is 7.43. The molecule has 14 heavy (non-hydrogen) atoms. The van der Waals surface area contributed by atoms with Crippen molar-refractivity contribution < 1.29 is 4.74 Å². The van der Waals surface area contributed by atoms with Gasteiger partial charge >= 0.3 is 0 Å². The minimum absolute atomic E-state index is 0.393. The molecule has 0 bridgehead atoms. The number of ether oxygens (including phenoxy) is 1. The van der Waals surface area contributed by atoms with E-state index < -0.39 is 0 Å². The highest BCUT2D eigenvalue weighted by molar-refractivity contribution is 6.31. The van der Waals surface area contributed by atoms with Crippen LogP contribution in [-0.2, 0) is 11.5 Å². The number of fused-ring (bicyclic) bond motifs is 1. The van der Waals surface area contributed by atoms with E-state index in [1.807, 2.05) is 6.07 Å². The highest BCUT2D eigenvalue weighted by Gasteiger charge is 2.07. The number of nitrogens with two attached hydrogens (primary N) is 1. The summed E-state index contributed by atoms with van der Waals surface area (Å²) >= 11 is 5.84. The van der Waals surface area contributed by atoms with Gasteiger partial charge in [0, 0.05) is 12.1 Å². The molecule has 0 spiro atoms. The molecule has 0 unspecified atom stereocenters. The largest absolute Gasteiger partial charge is 0.369 e. The number of nitrogens with zero attached hydrogens (tertiary/aromatic N) is 2. The molecule has 0 aliphatic rings. The Morgan fingerprint density at radius 3 is 3.07 bits per heavy atom. The van der Waals surface area contributed by atoms with Gasteiger partial charge in [-0.15, -0.1) is 0 Å². The number of halogens is 1. The normalized spacial score (nSPS) is 11.0. The second-order valence-electron chi connectivity index (χ2n) is 2.95. The van der Waals surface area contributed by atoms with E-state index in [2.05, 4.69) is 4.98 Å². The maximum absolute atomic E-state index is 5.84. The smallest absolute Gasteiger partial charge is 0.203 e. The third-order valence-corrected chi connectivity index (χ3v) is 2.23. The first-order valence-corrected chi connectivity index (χ1v) is 4.50. The van der Waals surface area contributed by atoms with Crippen LogP contribution in [0.5, 0.6) is 0 Å². The van der Waals surface area contributed by atoms with E-state index in [9.17, 15) is 0 Å². The molecule has 1 heterocycles. The minimum Gasteiger partial charge on any atom is -0.369 e. The quantitative estimate of drug-likeness (QED) is 0.825. The van der Waals surface area contributed by atoms with Gasteiger partial charge < -0.3 is 10.5 Å². The Bertz CT molecular complexity index is 466. The Morgan fingerprint density at radius 1 is 1.57 bits per heavy atom. The highest BCUT2D eigenvalue weighted by atomic mass is 35.5. The van der Waals surface area contributed by atoms with Crippen molar-refractivity contribution in [3.8, 4) is 0 Å². The lowest BCUT2D eigenvalue weighted by Gasteiger charge is -2.03. The Hall–Kier alpha value is -1.26. The summed E-state index contributed by atoms with van der Waals surface area (Å²) in [5.74, 6) is 0.434. The summed E-state index contributed by atoms with van der Waals surface area (Å²) in [6.07, 6.45) is 0. The zero-order valence-electron chi connectivity index (χ0n) is 7.70. The second kappa shape index (κ2) is 3.48. The lowest BCUT2D eigenvalue weighted by molar-refractivity contribution is 0.136. The summed E-state index contributed by atoms with van der Waals surface area (Å²) in [5, 5.41) is 0.652. The molecule has 0 amide bonds. The maximum Gasteiger partial charge on any atom is 0.203 e. The topological polar surface area (TPSA) is 53.1 Å². The SMILES string of the molecule is COCn1c(N)nc2cc(Cl)ccc21. The zero-order chi connectivity index (χ0) is 10.1. The molecular formula is C9H10ClN3O. The minimum atomic E-state index is 0.393. The lowest BCUT2D eigenvalue weighted by Crippen LogP contribution is -2.04. The van der Waals surface area contributed by atoms with E-state index >= 15 is 0 Å². The van der Waals surface area contributed by atoms with Crippen LogP contribution in [0.15, 0.2) is 18.2 Å². The van der Waals surface area contributed by atoms with Crippen molar-refractivity contribution in [3.05, 3.63) is 23.2 Å². The van der Waals surface area contributed by atoms with Gasteiger partial charge in [0.05, 0.1) is 11.0 Å². The average Bonchev–Trinajstić information content (AvgIpc) is 2.43. The zero-order valence-corrected chi connectivity index (χ0v) is 8.45. The fourth-order valence-electron chi connectivity index (χ4n) is 1.39. The summed E-state index contributed by atoms with van der Waals surface area (Å²) in [6, 6.07) is 5.45. The van der Waals surface area contributed by atoms with Crippen LogP contribution in [0.4, 0.5) is 5.95 Å². The van der Waals surface area contributed by atoms with Gasteiger partial charge in [-0.1, -0.05) is 11.6 Å². The van der Waals surface area contributed by atoms with Gasteiger partial charge in [-0.05, 0) is 18.2 Å². The predicted molar refractivity (Wildman–Crippen MR) is 56.2 cm³/mol. The third kappa shape index (κ3) is 1.42. The average molecular weight is 212 g/mol. The van der Waals surface area contributed by atoms with E-state index in [0.717, 1.165) is 11.0 Å². The van der Waals surface area contributed by atoms with Crippen LogP contribution in [-0.4, -0.2) is 16.7 Å². The molecule has 1 aromatic carbocycles. The number of benzene rings is 1. The first-order valence-electron chi connectivity index (χ1n) is 4.12. The molecule has 1 aromatic heterocycles. The van der Waals surface area contributed by atoms with Gasteiger partial charge in [-0.2, -0.15) is 0 Å². The number of rotatable bonds is 2. The molecule has 74 valence electrons. The fraction of sp³-hybridized carbons (Fsp3) is 0.222. The number of hydrogen-bond donors (Lipinski definition) is 1. The number of imidazole rings is 1. The number of nitrogen functional groups attached to an aromatic ring is 1. The van der Waals surface area contributed by atoms with Gasteiger partial charge in [-0.3, -0.25) is 4.57 Å². The van der Waals surface area contributed by atoms with Crippen LogP contribution in [0.1, 0.15) is 0 Å². The molecule has 2 N–H and O–H groups in total. The van der Waals surface area contributed by atoms with Crippen LogP contribution in [0.2, 0.25) is 5.02 Å². The number of anilines is 1. The molecule has 0 atom stereocenters. The van der Waals surface area contributed by atoms with Gasteiger partial charge in [0.2, 0.25) is 5.95 Å². The lowest BCUT2D eigenvalue weighted by atomic mass is 10.3. The summed E-state index contributed by atoms with van der Waals surface area (Å²) in [7, 11) is 1.61. The molecule has 0 radical (unpaired) electrons. The maximum atomic E-state index is 5.84. The van der Waals surface area contributed by atoms with Crippen molar-refractivity contribution in [2.75, 3.05) is 12.8 Å². The van der Waals surface area contributed by atoms with Crippen molar-refractivity contribution in [2.24, 2.45) is 0 Å². The van der Waals surface area contributed by atoms with Crippen LogP contribution in [0.25, 0.3) is 11.0 Å². The molecule has 0 fully saturated rings. The van der Waals surface area contributed by atoms with Crippen LogP contribution in [0.3, 0.4) is 0 Å².